The normalized spacial score (nSPS) is 10.1. The minimum atomic E-state index is -0.0152. The molecule has 1 amide bonds. The number of carbonyl (C=O) groups excluding carboxylic acids is 1. The molecule has 22 heavy (non-hydrogen) atoms. The molecule has 2 aromatic carbocycles. The summed E-state index contributed by atoms with van der Waals surface area (Å²) in [6, 6.07) is 15.3. The summed E-state index contributed by atoms with van der Waals surface area (Å²) in [5.74, 6) is 1.63. The lowest BCUT2D eigenvalue weighted by atomic mass is 10.1. The van der Waals surface area contributed by atoms with Gasteiger partial charge in [0.1, 0.15) is 18.1 Å². The molecule has 0 atom stereocenters. The fourth-order valence-electron chi connectivity index (χ4n) is 2.06. The maximum Gasteiger partial charge on any atom is 0.224 e. The van der Waals surface area contributed by atoms with E-state index in [1.54, 1.807) is 7.11 Å². The van der Waals surface area contributed by atoms with Crippen LogP contribution in [0.5, 0.6) is 11.5 Å². The molecule has 0 aromatic heterocycles. The number of ether oxygens (including phenoxy) is 2. The van der Waals surface area contributed by atoms with E-state index in [0.29, 0.717) is 19.6 Å². The van der Waals surface area contributed by atoms with Gasteiger partial charge in [-0.15, -0.1) is 0 Å². The molecule has 0 heterocycles. The molecule has 0 fully saturated rings. The van der Waals surface area contributed by atoms with Crippen LogP contribution in [0.2, 0.25) is 0 Å². The molecule has 116 valence electrons. The molecule has 4 heteroatoms. The summed E-state index contributed by atoms with van der Waals surface area (Å²) in [7, 11) is 1.62. The number of hydrogen-bond donors (Lipinski definition) is 1. The Morgan fingerprint density at radius 1 is 1.09 bits per heavy atom. The van der Waals surface area contributed by atoms with Crippen molar-refractivity contribution in [3.05, 3.63) is 59.7 Å². The molecule has 0 radical (unpaired) electrons. The topological polar surface area (TPSA) is 47.6 Å². The third-order valence-corrected chi connectivity index (χ3v) is 3.30. The first-order chi connectivity index (χ1) is 10.7. The average Bonchev–Trinajstić information content (AvgIpc) is 2.54. The van der Waals surface area contributed by atoms with Gasteiger partial charge in [0.2, 0.25) is 5.91 Å². The number of amides is 1. The molecule has 0 aliphatic heterocycles. The number of rotatable bonds is 7. The Kier molecular flexibility index (Phi) is 5.83. The molecule has 2 aromatic rings. The quantitative estimate of drug-likeness (QED) is 0.800. The zero-order valence-electron chi connectivity index (χ0n) is 13.0. The number of nitrogens with one attached hydrogen (secondary N) is 1. The van der Waals surface area contributed by atoms with E-state index >= 15 is 0 Å². The number of para-hydroxylation sites is 1. The molecular weight excluding hydrogens is 278 g/mol. The molecule has 0 spiro atoms. The highest BCUT2D eigenvalue weighted by atomic mass is 16.5. The van der Waals surface area contributed by atoms with Gasteiger partial charge in [-0.1, -0.05) is 30.3 Å². The highest BCUT2D eigenvalue weighted by Gasteiger charge is 2.04. The van der Waals surface area contributed by atoms with Gasteiger partial charge in [0, 0.05) is 0 Å². The summed E-state index contributed by atoms with van der Waals surface area (Å²) in [5.41, 5.74) is 2.05. The van der Waals surface area contributed by atoms with E-state index in [2.05, 4.69) is 5.32 Å². The van der Waals surface area contributed by atoms with Gasteiger partial charge in [0.25, 0.3) is 0 Å². The van der Waals surface area contributed by atoms with Gasteiger partial charge in [0.05, 0.1) is 20.1 Å². The Hall–Kier alpha value is -2.49. The summed E-state index contributed by atoms with van der Waals surface area (Å²) in [6.45, 7) is 2.94. The van der Waals surface area contributed by atoms with Crippen LogP contribution in [0.25, 0.3) is 0 Å². The largest absolute Gasteiger partial charge is 0.497 e. The molecule has 0 unspecified atom stereocenters. The lowest BCUT2D eigenvalue weighted by Gasteiger charge is -2.10. The zero-order valence-corrected chi connectivity index (χ0v) is 13.0. The van der Waals surface area contributed by atoms with Crippen molar-refractivity contribution in [1.29, 1.82) is 0 Å². The van der Waals surface area contributed by atoms with Crippen molar-refractivity contribution in [2.45, 2.75) is 13.3 Å². The van der Waals surface area contributed by atoms with Crippen LogP contribution in [-0.2, 0) is 11.2 Å². The smallest absolute Gasteiger partial charge is 0.224 e. The molecule has 1 N–H and O–H groups in total. The lowest BCUT2D eigenvalue weighted by Crippen LogP contribution is -2.29. The molecular formula is C18H21NO3. The SMILES string of the molecule is COc1ccc(CC(=O)NCCOc2ccccc2C)cc1. The van der Waals surface area contributed by atoms with Crippen LogP contribution in [0.3, 0.4) is 0 Å². The maximum atomic E-state index is 11.8. The Morgan fingerprint density at radius 3 is 2.50 bits per heavy atom. The van der Waals surface area contributed by atoms with Gasteiger partial charge in [-0.25, -0.2) is 0 Å². The first-order valence-corrected chi connectivity index (χ1v) is 7.27. The van der Waals surface area contributed by atoms with Crippen molar-refractivity contribution < 1.29 is 14.3 Å². The summed E-state index contributed by atoms with van der Waals surface area (Å²) in [4.78, 5) is 11.8. The summed E-state index contributed by atoms with van der Waals surface area (Å²) >= 11 is 0. The lowest BCUT2D eigenvalue weighted by molar-refractivity contribution is -0.120. The number of methoxy groups -OCH3 is 1. The van der Waals surface area contributed by atoms with Crippen molar-refractivity contribution in [3.8, 4) is 11.5 Å². The van der Waals surface area contributed by atoms with Crippen LogP contribution in [0, 0.1) is 6.92 Å². The first-order valence-electron chi connectivity index (χ1n) is 7.27. The third-order valence-electron chi connectivity index (χ3n) is 3.30. The van der Waals surface area contributed by atoms with Crippen LogP contribution in [-0.4, -0.2) is 26.2 Å². The van der Waals surface area contributed by atoms with Gasteiger partial charge in [-0.3, -0.25) is 4.79 Å². The van der Waals surface area contributed by atoms with Gasteiger partial charge in [-0.2, -0.15) is 0 Å². The fourth-order valence-corrected chi connectivity index (χ4v) is 2.06. The van der Waals surface area contributed by atoms with E-state index in [1.807, 2.05) is 55.5 Å². The van der Waals surface area contributed by atoms with Crippen molar-refractivity contribution in [2.24, 2.45) is 0 Å². The fraction of sp³-hybridized carbons (Fsp3) is 0.278. The van der Waals surface area contributed by atoms with E-state index < -0.39 is 0 Å². The van der Waals surface area contributed by atoms with Gasteiger partial charge >= 0.3 is 0 Å². The van der Waals surface area contributed by atoms with Crippen LogP contribution < -0.4 is 14.8 Å². The predicted octanol–water partition coefficient (Wildman–Crippen LogP) is 2.74. The van der Waals surface area contributed by atoms with Crippen molar-refractivity contribution >= 4 is 5.91 Å². The second-order valence-corrected chi connectivity index (χ2v) is 4.99. The van der Waals surface area contributed by atoms with Gasteiger partial charge in [-0.05, 0) is 36.2 Å². The summed E-state index contributed by atoms with van der Waals surface area (Å²) in [5, 5.41) is 2.85. The summed E-state index contributed by atoms with van der Waals surface area (Å²) < 4.78 is 10.7. The second-order valence-electron chi connectivity index (χ2n) is 4.99. The third kappa shape index (κ3) is 4.81. The molecule has 0 saturated heterocycles. The molecule has 0 aliphatic rings. The Balaban J connectivity index is 1.70. The summed E-state index contributed by atoms with van der Waals surface area (Å²) in [6.07, 6.45) is 0.356. The zero-order chi connectivity index (χ0) is 15.8. The number of carbonyl (C=O) groups is 1. The van der Waals surface area contributed by atoms with E-state index in [-0.39, 0.29) is 5.91 Å². The van der Waals surface area contributed by atoms with Gasteiger partial charge < -0.3 is 14.8 Å². The van der Waals surface area contributed by atoms with Crippen molar-refractivity contribution in [3.63, 3.8) is 0 Å². The second kappa shape index (κ2) is 8.08. The Labute approximate surface area is 131 Å². The molecule has 0 bridgehead atoms. The van der Waals surface area contributed by atoms with E-state index in [9.17, 15) is 4.79 Å². The van der Waals surface area contributed by atoms with Crippen molar-refractivity contribution in [2.75, 3.05) is 20.3 Å². The van der Waals surface area contributed by atoms with Gasteiger partial charge in [0.15, 0.2) is 0 Å². The van der Waals surface area contributed by atoms with Crippen LogP contribution >= 0.6 is 0 Å². The van der Waals surface area contributed by atoms with Crippen LogP contribution in [0.15, 0.2) is 48.5 Å². The number of benzene rings is 2. The molecule has 0 aliphatic carbocycles. The maximum absolute atomic E-state index is 11.8. The molecule has 4 nitrogen and oxygen atoms in total. The van der Waals surface area contributed by atoms with E-state index in [0.717, 1.165) is 22.6 Å². The van der Waals surface area contributed by atoms with Crippen molar-refractivity contribution in [1.82, 2.24) is 5.32 Å². The van der Waals surface area contributed by atoms with E-state index in [1.165, 1.54) is 0 Å². The van der Waals surface area contributed by atoms with Crippen LogP contribution in [0.1, 0.15) is 11.1 Å². The Morgan fingerprint density at radius 2 is 1.82 bits per heavy atom. The van der Waals surface area contributed by atoms with E-state index in [4.69, 9.17) is 9.47 Å². The molecule has 2 rings (SSSR count). The minimum absolute atomic E-state index is 0.0152. The number of aryl methyl sites for hydroxylation is 1. The monoisotopic (exact) mass is 299 g/mol. The minimum Gasteiger partial charge on any atom is -0.497 e. The average molecular weight is 299 g/mol. The standard InChI is InChI=1S/C18H21NO3/c1-14-5-3-4-6-17(14)22-12-11-19-18(20)13-15-7-9-16(21-2)10-8-15/h3-10H,11-13H2,1-2H3,(H,19,20). The first kappa shape index (κ1) is 15.9. The highest BCUT2D eigenvalue weighted by Crippen LogP contribution is 2.15. The molecule has 0 saturated carbocycles. The Bertz CT molecular complexity index is 608. The predicted molar refractivity (Wildman–Crippen MR) is 86.4 cm³/mol. The highest BCUT2D eigenvalue weighted by molar-refractivity contribution is 5.78. The van der Waals surface area contributed by atoms with Crippen LogP contribution in [0.4, 0.5) is 0 Å². The number of hydrogen-bond acceptors (Lipinski definition) is 3.